The van der Waals surface area contributed by atoms with Gasteiger partial charge in [-0.05, 0) is 56.2 Å². The Kier molecular flexibility index (Phi) is 7.50. The normalized spacial score (nSPS) is 11.1. The second-order valence-electron chi connectivity index (χ2n) is 6.56. The summed E-state index contributed by atoms with van der Waals surface area (Å²) >= 11 is 0. The highest BCUT2D eigenvalue weighted by molar-refractivity contribution is 7.92. The Morgan fingerprint density at radius 3 is 2.31 bits per heavy atom. The highest BCUT2D eigenvalue weighted by atomic mass is 32.2. The van der Waals surface area contributed by atoms with E-state index in [2.05, 4.69) is 5.32 Å². The van der Waals surface area contributed by atoms with Crippen molar-refractivity contribution in [2.75, 3.05) is 30.8 Å². The molecule has 0 unspecified atom stereocenters. The van der Waals surface area contributed by atoms with E-state index in [4.69, 9.17) is 9.47 Å². The molecule has 2 rings (SSSR count). The molecule has 158 valence electrons. The molecule has 0 fully saturated rings. The van der Waals surface area contributed by atoms with Gasteiger partial charge in [0.2, 0.25) is 10.0 Å². The zero-order valence-electron chi connectivity index (χ0n) is 17.5. The Labute approximate surface area is 172 Å². The zero-order chi connectivity index (χ0) is 21.6. The van der Waals surface area contributed by atoms with Gasteiger partial charge in [0.25, 0.3) is 5.91 Å². The number of benzene rings is 2. The van der Waals surface area contributed by atoms with E-state index in [1.54, 1.807) is 25.1 Å². The van der Waals surface area contributed by atoms with E-state index >= 15 is 0 Å². The first-order chi connectivity index (χ1) is 13.7. The van der Waals surface area contributed by atoms with Crippen LogP contribution in [0.15, 0.2) is 36.4 Å². The van der Waals surface area contributed by atoms with Crippen LogP contribution in [0.3, 0.4) is 0 Å². The van der Waals surface area contributed by atoms with Gasteiger partial charge in [-0.25, -0.2) is 8.42 Å². The molecule has 0 spiro atoms. The van der Waals surface area contributed by atoms with Crippen molar-refractivity contribution < 1.29 is 22.7 Å². The van der Waals surface area contributed by atoms with Crippen LogP contribution in [0.25, 0.3) is 0 Å². The molecule has 29 heavy (non-hydrogen) atoms. The number of carbonyl (C=O) groups excluding carboxylic acids is 1. The van der Waals surface area contributed by atoms with Gasteiger partial charge in [0.05, 0.1) is 25.2 Å². The first kappa shape index (κ1) is 22.5. The molecule has 0 atom stereocenters. The van der Waals surface area contributed by atoms with Gasteiger partial charge < -0.3 is 14.8 Å². The number of amides is 1. The van der Waals surface area contributed by atoms with Crippen LogP contribution in [0.4, 0.5) is 5.69 Å². The molecule has 0 aliphatic carbocycles. The Bertz CT molecular complexity index is 973. The number of carbonyl (C=O) groups is 1. The smallest absolute Gasteiger partial charge is 0.251 e. The Morgan fingerprint density at radius 2 is 1.69 bits per heavy atom. The van der Waals surface area contributed by atoms with Crippen LogP contribution >= 0.6 is 0 Å². The van der Waals surface area contributed by atoms with Crippen LogP contribution in [0, 0.1) is 6.92 Å². The predicted octanol–water partition coefficient (Wildman–Crippen LogP) is 3.12. The van der Waals surface area contributed by atoms with Crippen molar-refractivity contribution in [3.8, 4) is 11.5 Å². The molecule has 1 amide bonds. The highest BCUT2D eigenvalue weighted by Gasteiger charge is 2.17. The van der Waals surface area contributed by atoms with Gasteiger partial charge in [0, 0.05) is 19.2 Å². The molecule has 8 heteroatoms. The fraction of sp³-hybridized carbons (Fsp3) is 0.381. The van der Waals surface area contributed by atoms with E-state index in [1.807, 2.05) is 32.0 Å². The van der Waals surface area contributed by atoms with E-state index in [1.165, 1.54) is 11.4 Å². The highest BCUT2D eigenvalue weighted by Crippen LogP contribution is 2.28. The third-order valence-electron chi connectivity index (χ3n) is 4.37. The fourth-order valence-electron chi connectivity index (χ4n) is 2.76. The zero-order valence-corrected chi connectivity index (χ0v) is 18.3. The van der Waals surface area contributed by atoms with Crippen molar-refractivity contribution in [1.29, 1.82) is 0 Å². The number of aryl methyl sites for hydroxylation is 1. The number of nitrogens with one attached hydrogen (secondary N) is 1. The number of anilines is 1. The summed E-state index contributed by atoms with van der Waals surface area (Å²) in [6, 6.07) is 10.5. The molecule has 0 radical (unpaired) electrons. The van der Waals surface area contributed by atoms with Crippen LogP contribution < -0.4 is 19.1 Å². The van der Waals surface area contributed by atoms with Crippen LogP contribution in [0.1, 0.15) is 35.3 Å². The quantitative estimate of drug-likeness (QED) is 0.674. The van der Waals surface area contributed by atoms with Crippen LogP contribution in [-0.4, -0.2) is 40.8 Å². The number of ether oxygens (including phenoxy) is 2. The van der Waals surface area contributed by atoms with Gasteiger partial charge in [-0.15, -0.1) is 0 Å². The van der Waals surface area contributed by atoms with Crippen molar-refractivity contribution in [1.82, 2.24) is 5.32 Å². The predicted molar refractivity (Wildman–Crippen MR) is 114 cm³/mol. The summed E-state index contributed by atoms with van der Waals surface area (Å²) in [5.41, 5.74) is 2.49. The molecule has 0 aromatic heterocycles. The van der Waals surface area contributed by atoms with E-state index in [9.17, 15) is 13.2 Å². The van der Waals surface area contributed by atoms with E-state index in [-0.39, 0.29) is 5.91 Å². The van der Waals surface area contributed by atoms with Gasteiger partial charge >= 0.3 is 0 Å². The lowest BCUT2D eigenvalue weighted by Crippen LogP contribution is -2.27. The molecular formula is C21H28N2O5S. The maximum absolute atomic E-state index is 12.6. The van der Waals surface area contributed by atoms with Gasteiger partial charge in [-0.2, -0.15) is 0 Å². The first-order valence-electron chi connectivity index (χ1n) is 9.38. The molecule has 2 aromatic carbocycles. The Balaban J connectivity index is 2.16. The summed E-state index contributed by atoms with van der Waals surface area (Å²) in [6.45, 7) is 6.95. The molecule has 0 heterocycles. The minimum atomic E-state index is -3.42. The van der Waals surface area contributed by atoms with Crippen LogP contribution in [0.2, 0.25) is 0 Å². The second-order valence-corrected chi connectivity index (χ2v) is 8.58. The number of hydrogen-bond donors (Lipinski definition) is 1. The number of hydrogen-bond acceptors (Lipinski definition) is 5. The lowest BCUT2D eigenvalue weighted by molar-refractivity contribution is 0.0951. The summed E-state index contributed by atoms with van der Waals surface area (Å²) in [4.78, 5) is 12.6. The van der Waals surface area contributed by atoms with E-state index < -0.39 is 10.0 Å². The maximum Gasteiger partial charge on any atom is 0.251 e. The van der Waals surface area contributed by atoms with E-state index in [0.29, 0.717) is 42.5 Å². The Morgan fingerprint density at radius 1 is 1.03 bits per heavy atom. The van der Waals surface area contributed by atoms with Crippen LogP contribution in [-0.2, 0) is 16.6 Å². The maximum atomic E-state index is 12.6. The molecule has 0 bridgehead atoms. The second kappa shape index (κ2) is 9.65. The van der Waals surface area contributed by atoms with Gasteiger partial charge in [0.1, 0.15) is 0 Å². The molecule has 1 N–H and O–H groups in total. The first-order valence-corrected chi connectivity index (χ1v) is 11.2. The summed E-state index contributed by atoms with van der Waals surface area (Å²) < 4.78 is 36.0. The third-order valence-corrected chi connectivity index (χ3v) is 5.56. The number of sulfonamides is 1. The van der Waals surface area contributed by atoms with Gasteiger partial charge in [-0.3, -0.25) is 9.10 Å². The molecule has 2 aromatic rings. The molecule has 0 aliphatic rings. The molecule has 0 aliphatic heterocycles. The topological polar surface area (TPSA) is 84.9 Å². The third kappa shape index (κ3) is 5.87. The summed E-state index contributed by atoms with van der Waals surface area (Å²) in [7, 11) is -1.95. The summed E-state index contributed by atoms with van der Waals surface area (Å²) in [5.74, 6) is 1.00. The van der Waals surface area contributed by atoms with Gasteiger partial charge in [-0.1, -0.05) is 12.1 Å². The monoisotopic (exact) mass is 420 g/mol. The summed E-state index contributed by atoms with van der Waals surface area (Å²) in [5, 5.41) is 2.86. The van der Waals surface area contributed by atoms with Crippen molar-refractivity contribution >= 4 is 21.6 Å². The largest absolute Gasteiger partial charge is 0.490 e. The van der Waals surface area contributed by atoms with Crippen molar-refractivity contribution in [2.24, 2.45) is 0 Å². The van der Waals surface area contributed by atoms with Crippen LogP contribution in [0.5, 0.6) is 11.5 Å². The van der Waals surface area contributed by atoms with Crippen molar-refractivity contribution in [2.45, 2.75) is 27.3 Å². The van der Waals surface area contributed by atoms with E-state index in [0.717, 1.165) is 17.4 Å². The van der Waals surface area contributed by atoms with Crippen molar-refractivity contribution in [3.05, 3.63) is 53.1 Å². The molecule has 0 saturated heterocycles. The number of nitrogens with zero attached hydrogens (tertiary/aromatic N) is 1. The average molecular weight is 421 g/mol. The minimum Gasteiger partial charge on any atom is -0.490 e. The minimum absolute atomic E-state index is 0.292. The number of rotatable bonds is 9. The average Bonchev–Trinajstić information content (AvgIpc) is 2.67. The molecule has 7 nitrogen and oxygen atoms in total. The summed E-state index contributed by atoms with van der Waals surface area (Å²) in [6.07, 6.45) is 1.13. The standard InChI is InChI=1S/C21H28N2O5S/c1-6-27-19-11-9-16(12-20(19)28-7-2)14-22-21(24)17-10-8-15(3)18(13-17)23(4)29(5,25)26/h8-13H,6-7,14H2,1-5H3,(H,22,24). The van der Waals surface area contributed by atoms with Gasteiger partial charge in [0.15, 0.2) is 11.5 Å². The SMILES string of the molecule is CCOc1ccc(CNC(=O)c2ccc(C)c(N(C)S(C)(=O)=O)c2)cc1OCC. The fourth-order valence-corrected chi connectivity index (χ4v) is 3.31. The lowest BCUT2D eigenvalue weighted by atomic mass is 10.1. The molecule has 0 saturated carbocycles. The Hall–Kier alpha value is -2.74. The van der Waals surface area contributed by atoms with Crippen molar-refractivity contribution in [3.63, 3.8) is 0 Å². The molecular weight excluding hydrogens is 392 g/mol. The lowest BCUT2D eigenvalue weighted by Gasteiger charge is -2.19.